The average molecular weight is 339 g/mol. The van der Waals surface area contributed by atoms with Gasteiger partial charge in [-0.3, -0.25) is 0 Å². The molecule has 2 N–H and O–H groups in total. The van der Waals surface area contributed by atoms with Crippen molar-refractivity contribution in [1.29, 1.82) is 5.26 Å². The van der Waals surface area contributed by atoms with Gasteiger partial charge < -0.3 is 10.5 Å². The Balaban J connectivity index is 0.00000100. The molecule has 124 valence electrons. The summed E-state index contributed by atoms with van der Waals surface area (Å²) in [4.78, 5) is 4.59. The predicted molar refractivity (Wildman–Crippen MR) is 99.3 cm³/mol. The summed E-state index contributed by atoms with van der Waals surface area (Å²) < 4.78 is 6.28. The lowest BCUT2D eigenvalue weighted by atomic mass is 10.0. The first kappa shape index (κ1) is 17.9. The Bertz CT molecular complexity index is 851. The zero-order valence-electron chi connectivity index (χ0n) is 14.1. The molecular formula is C19H21N3OS. The van der Waals surface area contributed by atoms with Crippen molar-refractivity contribution >= 4 is 21.6 Å². The second-order valence-corrected chi connectivity index (χ2v) is 6.03. The maximum atomic E-state index is 9.16. The monoisotopic (exact) mass is 339 g/mol. The van der Waals surface area contributed by atoms with Crippen LogP contribution in [0, 0.1) is 11.3 Å². The summed E-state index contributed by atoms with van der Waals surface area (Å²) in [5.41, 5.74) is 8.83. The number of ether oxygens (including phenoxy) is 1. The molecule has 0 aliphatic rings. The van der Waals surface area contributed by atoms with Crippen LogP contribution in [-0.4, -0.2) is 12.1 Å². The minimum absolute atomic E-state index is 0.224. The fourth-order valence-corrected chi connectivity index (χ4v) is 3.34. The highest BCUT2D eigenvalue weighted by molar-refractivity contribution is 7.18. The maximum absolute atomic E-state index is 9.16. The lowest BCUT2D eigenvalue weighted by Gasteiger charge is -2.09. The quantitative estimate of drug-likeness (QED) is 0.762. The van der Waals surface area contributed by atoms with Crippen molar-refractivity contribution in [3.05, 3.63) is 58.6 Å². The first-order chi connectivity index (χ1) is 11.7. The Hall–Kier alpha value is -2.42. The second-order valence-electron chi connectivity index (χ2n) is 4.97. The molecule has 0 aliphatic carbocycles. The van der Waals surface area contributed by atoms with Gasteiger partial charge >= 0.3 is 0 Å². The molecule has 1 aromatic heterocycles. The molecule has 2 aromatic carbocycles. The van der Waals surface area contributed by atoms with Crippen molar-refractivity contribution in [1.82, 2.24) is 4.98 Å². The van der Waals surface area contributed by atoms with Crippen LogP contribution in [0.1, 0.15) is 36.0 Å². The molecule has 1 atom stereocenters. The van der Waals surface area contributed by atoms with Gasteiger partial charge in [-0.25, -0.2) is 4.98 Å². The van der Waals surface area contributed by atoms with Crippen LogP contribution in [0.3, 0.4) is 0 Å². The lowest BCUT2D eigenvalue weighted by Crippen LogP contribution is -2.13. The van der Waals surface area contributed by atoms with Gasteiger partial charge in [0.1, 0.15) is 10.8 Å². The first-order valence-corrected chi connectivity index (χ1v) is 8.71. The van der Waals surface area contributed by atoms with Crippen LogP contribution in [0.5, 0.6) is 5.75 Å². The Morgan fingerprint density at radius 1 is 1.25 bits per heavy atom. The van der Waals surface area contributed by atoms with Gasteiger partial charge in [-0.15, -0.1) is 11.3 Å². The van der Waals surface area contributed by atoms with Crippen molar-refractivity contribution in [2.45, 2.75) is 26.3 Å². The van der Waals surface area contributed by atoms with Crippen molar-refractivity contribution in [2.75, 3.05) is 7.11 Å². The number of methoxy groups -OCH3 is 1. The molecule has 0 saturated heterocycles. The molecule has 1 heterocycles. The fourth-order valence-electron chi connectivity index (χ4n) is 2.34. The van der Waals surface area contributed by atoms with Crippen molar-refractivity contribution in [2.24, 2.45) is 5.73 Å². The van der Waals surface area contributed by atoms with Gasteiger partial charge in [-0.1, -0.05) is 32.0 Å². The van der Waals surface area contributed by atoms with E-state index in [0.29, 0.717) is 12.0 Å². The zero-order valence-corrected chi connectivity index (χ0v) is 14.9. The molecule has 0 spiro atoms. The molecule has 0 aliphatic heterocycles. The van der Waals surface area contributed by atoms with E-state index in [1.807, 2.05) is 56.3 Å². The van der Waals surface area contributed by atoms with E-state index in [0.717, 1.165) is 26.5 Å². The number of aromatic nitrogens is 1. The van der Waals surface area contributed by atoms with Crippen LogP contribution in [0.4, 0.5) is 0 Å². The van der Waals surface area contributed by atoms with Gasteiger partial charge in [-0.2, -0.15) is 5.26 Å². The van der Waals surface area contributed by atoms with E-state index < -0.39 is 0 Å². The number of fused-ring (bicyclic) bond motifs is 1. The molecule has 0 bridgehead atoms. The van der Waals surface area contributed by atoms with Crippen LogP contribution >= 0.6 is 11.3 Å². The summed E-state index contributed by atoms with van der Waals surface area (Å²) in [6.07, 6.45) is 0.598. The summed E-state index contributed by atoms with van der Waals surface area (Å²) in [7, 11) is 1.65. The smallest absolute Gasteiger partial charge is 0.120 e. The normalized spacial score (nSPS) is 11.3. The molecule has 0 fully saturated rings. The van der Waals surface area contributed by atoms with Crippen LogP contribution < -0.4 is 10.5 Å². The number of nitrogens with zero attached hydrogens (tertiary/aromatic N) is 2. The van der Waals surface area contributed by atoms with E-state index in [2.05, 4.69) is 11.1 Å². The summed E-state index contributed by atoms with van der Waals surface area (Å²) in [5, 5.41) is 10.0. The standard InChI is InChI=1S/C17H15N3OS.C2H6/c1-21-13-6-7-15-16(9-13)22-17(20-15)14(19)8-11-4-2-3-5-12(11)10-18;1-2/h2-7,9,14H,8,19H2,1H3;1-2H3. The number of benzene rings is 2. The molecule has 4 nitrogen and oxygen atoms in total. The number of thiazole rings is 1. The van der Waals surface area contributed by atoms with Crippen molar-refractivity contribution < 1.29 is 4.74 Å². The second kappa shape index (κ2) is 8.44. The Kier molecular flexibility index (Phi) is 6.30. The number of nitrogens with two attached hydrogens (primary N) is 1. The third-order valence-corrected chi connectivity index (χ3v) is 4.66. The molecule has 3 aromatic rings. The van der Waals surface area contributed by atoms with Crippen LogP contribution in [0.15, 0.2) is 42.5 Å². The molecule has 1 unspecified atom stereocenters. The van der Waals surface area contributed by atoms with Crippen LogP contribution in [0.25, 0.3) is 10.2 Å². The largest absolute Gasteiger partial charge is 0.497 e. The highest BCUT2D eigenvalue weighted by Gasteiger charge is 2.15. The molecule has 3 rings (SSSR count). The average Bonchev–Trinajstić information content (AvgIpc) is 3.07. The molecule has 5 heteroatoms. The molecule has 24 heavy (non-hydrogen) atoms. The van der Waals surface area contributed by atoms with E-state index in [1.54, 1.807) is 18.4 Å². The fraction of sp³-hybridized carbons (Fsp3) is 0.263. The highest BCUT2D eigenvalue weighted by Crippen LogP contribution is 2.30. The number of nitriles is 1. The van der Waals surface area contributed by atoms with Crippen molar-refractivity contribution in [3.8, 4) is 11.8 Å². The molecule has 0 amide bonds. The number of hydrogen-bond donors (Lipinski definition) is 1. The van der Waals surface area contributed by atoms with Gasteiger partial charge in [0.15, 0.2) is 0 Å². The summed E-state index contributed by atoms with van der Waals surface area (Å²) >= 11 is 1.57. The lowest BCUT2D eigenvalue weighted by molar-refractivity contribution is 0.415. The minimum Gasteiger partial charge on any atom is -0.497 e. The minimum atomic E-state index is -0.224. The SMILES string of the molecule is CC.COc1ccc2nc(C(N)Cc3ccccc3C#N)sc2c1. The zero-order chi connectivity index (χ0) is 17.5. The van der Waals surface area contributed by atoms with Gasteiger partial charge in [0.25, 0.3) is 0 Å². The van der Waals surface area contributed by atoms with E-state index in [9.17, 15) is 0 Å². The van der Waals surface area contributed by atoms with E-state index in [-0.39, 0.29) is 6.04 Å². The van der Waals surface area contributed by atoms with Gasteiger partial charge in [0, 0.05) is 0 Å². The van der Waals surface area contributed by atoms with Crippen LogP contribution in [0.2, 0.25) is 0 Å². The Morgan fingerprint density at radius 3 is 2.71 bits per heavy atom. The topological polar surface area (TPSA) is 71.9 Å². The Morgan fingerprint density at radius 2 is 2.00 bits per heavy atom. The van der Waals surface area contributed by atoms with Gasteiger partial charge in [0.05, 0.1) is 35.0 Å². The predicted octanol–water partition coefficient (Wildman–Crippen LogP) is 4.45. The Labute approximate surface area is 146 Å². The summed E-state index contributed by atoms with van der Waals surface area (Å²) in [6, 6.07) is 15.3. The van der Waals surface area contributed by atoms with E-state index in [1.165, 1.54) is 0 Å². The third-order valence-electron chi connectivity index (χ3n) is 3.51. The highest BCUT2D eigenvalue weighted by atomic mass is 32.1. The summed E-state index contributed by atoms with van der Waals surface area (Å²) in [5.74, 6) is 0.811. The van der Waals surface area contributed by atoms with Crippen LogP contribution in [-0.2, 0) is 6.42 Å². The maximum Gasteiger partial charge on any atom is 0.120 e. The van der Waals surface area contributed by atoms with Gasteiger partial charge in [0.2, 0.25) is 0 Å². The number of hydrogen-bond acceptors (Lipinski definition) is 5. The number of rotatable bonds is 4. The molecule has 0 radical (unpaired) electrons. The van der Waals surface area contributed by atoms with Crippen molar-refractivity contribution in [3.63, 3.8) is 0 Å². The van der Waals surface area contributed by atoms with E-state index in [4.69, 9.17) is 15.7 Å². The van der Waals surface area contributed by atoms with E-state index >= 15 is 0 Å². The first-order valence-electron chi connectivity index (χ1n) is 7.89. The molecular weight excluding hydrogens is 318 g/mol. The van der Waals surface area contributed by atoms with Gasteiger partial charge in [-0.05, 0) is 36.2 Å². The third kappa shape index (κ3) is 3.91. The molecule has 0 saturated carbocycles. The summed E-state index contributed by atoms with van der Waals surface area (Å²) in [6.45, 7) is 4.00.